The van der Waals surface area contributed by atoms with Crippen LogP contribution in [0.15, 0.2) is 43.0 Å². The van der Waals surface area contributed by atoms with Gasteiger partial charge in [-0.2, -0.15) is 0 Å². The minimum atomic E-state index is -0.283. The highest BCUT2D eigenvalue weighted by atomic mass is 16.5. The van der Waals surface area contributed by atoms with Crippen molar-refractivity contribution in [2.45, 2.75) is 19.8 Å². The van der Waals surface area contributed by atoms with E-state index in [2.05, 4.69) is 18.7 Å². The van der Waals surface area contributed by atoms with E-state index >= 15 is 0 Å². The number of hydrogen-bond acceptors (Lipinski definition) is 3. The molecule has 0 amide bonds. The summed E-state index contributed by atoms with van der Waals surface area (Å²) in [7, 11) is 0. The Morgan fingerprint density at radius 3 is 2.63 bits per heavy atom. The first-order chi connectivity index (χ1) is 9.17. The van der Waals surface area contributed by atoms with Crippen LogP contribution in [0.5, 0.6) is 0 Å². The monoisotopic (exact) mass is 262 g/mol. The van der Waals surface area contributed by atoms with Crippen LogP contribution in [0.2, 0.25) is 0 Å². The second-order valence-corrected chi connectivity index (χ2v) is 4.66. The van der Waals surface area contributed by atoms with Crippen molar-refractivity contribution < 1.29 is 14.6 Å². The maximum Gasteiger partial charge on any atom is 0.302 e. The molecule has 19 heavy (non-hydrogen) atoms. The normalized spacial score (nSPS) is 13.6. The van der Waals surface area contributed by atoms with E-state index in [0.29, 0.717) is 13.0 Å². The fourth-order valence-electron chi connectivity index (χ4n) is 2.16. The predicted molar refractivity (Wildman–Crippen MR) is 75.7 cm³/mol. The third-order valence-corrected chi connectivity index (χ3v) is 3.23. The molecule has 1 rings (SSSR count). The number of aliphatic hydroxyl groups is 1. The van der Waals surface area contributed by atoms with E-state index in [1.54, 1.807) is 0 Å². The summed E-state index contributed by atoms with van der Waals surface area (Å²) in [5.74, 6) is 0.00909. The van der Waals surface area contributed by atoms with Crippen LogP contribution in [0.4, 0.5) is 0 Å². The molecule has 0 heterocycles. The lowest BCUT2D eigenvalue weighted by Crippen LogP contribution is -2.22. The summed E-state index contributed by atoms with van der Waals surface area (Å²) in [5.41, 5.74) is 1.22. The standard InChI is InChI=1S/C16H22O3/c1-3-15(12-19-13(2)18)16(9-10-17)11-14-7-5-4-6-8-14/h3-8,15-17H,1,9-12H2,2H3/t15-,16-/m1/s1. The summed E-state index contributed by atoms with van der Waals surface area (Å²) in [6.07, 6.45) is 3.33. The number of aliphatic hydroxyl groups excluding tert-OH is 1. The zero-order chi connectivity index (χ0) is 14.1. The first-order valence-corrected chi connectivity index (χ1v) is 6.58. The molecule has 1 aromatic carbocycles. The molecular formula is C16H22O3. The van der Waals surface area contributed by atoms with E-state index in [9.17, 15) is 9.90 Å². The molecule has 104 valence electrons. The van der Waals surface area contributed by atoms with Crippen molar-refractivity contribution in [1.29, 1.82) is 0 Å². The average molecular weight is 262 g/mol. The third-order valence-electron chi connectivity index (χ3n) is 3.23. The molecule has 3 nitrogen and oxygen atoms in total. The molecule has 0 saturated heterocycles. The van der Waals surface area contributed by atoms with Gasteiger partial charge in [0.15, 0.2) is 0 Å². The predicted octanol–water partition coefficient (Wildman–Crippen LogP) is 2.59. The number of ether oxygens (including phenoxy) is 1. The molecule has 0 aliphatic rings. The van der Waals surface area contributed by atoms with Gasteiger partial charge in [0.1, 0.15) is 0 Å². The maximum absolute atomic E-state index is 10.9. The second kappa shape index (κ2) is 8.48. The van der Waals surface area contributed by atoms with Crippen LogP contribution in [0.1, 0.15) is 18.9 Å². The van der Waals surface area contributed by atoms with Gasteiger partial charge >= 0.3 is 5.97 Å². The average Bonchev–Trinajstić information content (AvgIpc) is 2.40. The molecule has 0 aliphatic heterocycles. The third kappa shape index (κ3) is 5.71. The van der Waals surface area contributed by atoms with Gasteiger partial charge in [-0.15, -0.1) is 6.58 Å². The van der Waals surface area contributed by atoms with Crippen molar-refractivity contribution in [3.05, 3.63) is 48.6 Å². The molecule has 0 saturated carbocycles. The first kappa shape index (κ1) is 15.4. The van der Waals surface area contributed by atoms with E-state index in [1.807, 2.05) is 24.3 Å². The van der Waals surface area contributed by atoms with Crippen LogP contribution >= 0.6 is 0 Å². The summed E-state index contributed by atoms with van der Waals surface area (Å²) in [6.45, 7) is 5.67. The van der Waals surface area contributed by atoms with Gasteiger partial charge in [0, 0.05) is 19.4 Å². The Hall–Kier alpha value is -1.61. The maximum atomic E-state index is 10.9. The SMILES string of the molecule is C=C[C@H](COC(C)=O)[C@H](CCO)Cc1ccccc1. The van der Waals surface area contributed by atoms with Crippen molar-refractivity contribution >= 4 is 5.97 Å². The number of benzene rings is 1. The fourth-order valence-corrected chi connectivity index (χ4v) is 2.16. The van der Waals surface area contributed by atoms with Crippen LogP contribution in [-0.2, 0) is 16.0 Å². The molecule has 1 aromatic rings. The Morgan fingerprint density at radius 1 is 1.42 bits per heavy atom. The Balaban J connectivity index is 2.68. The molecule has 0 aromatic heterocycles. The molecule has 1 N–H and O–H groups in total. The van der Waals surface area contributed by atoms with Crippen LogP contribution in [0, 0.1) is 11.8 Å². The Bertz CT molecular complexity index is 386. The van der Waals surface area contributed by atoms with E-state index in [4.69, 9.17) is 4.74 Å². The summed E-state index contributed by atoms with van der Waals surface area (Å²) in [6, 6.07) is 10.1. The topological polar surface area (TPSA) is 46.5 Å². The summed E-state index contributed by atoms with van der Waals surface area (Å²) < 4.78 is 5.07. The highest BCUT2D eigenvalue weighted by molar-refractivity contribution is 5.65. The van der Waals surface area contributed by atoms with Crippen LogP contribution in [-0.4, -0.2) is 24.3 Å². The van der Waals surface area contributed by atoms with Crippen molar-refractivity contribution in [2.75, 3.05) is 13.2 Å². The van der Waals surface area contributed by atoms with Gasteiger partial charge in [0.25, 0.3) is 0 Å². The molecule has 0 bridgehead atoms. The lowest BCUT2D eigenvalue weighted by molar-refractivity contribution is -0.142. The van der Waals surface area contributed by atoms with Crippen molar-refractivity contribution in [2.24, 2.45) is 11.8 Å². The lowest BCUT2D eigenvalue weighted by atomic mass is 9.85. The minimum absolute atomic E-state index is 0.0660. The van der Waals surface area contributed by atoms with Gasteiger partial charge < -0.3 is 9.84 Å². The van der Waals surface area contributed by atoms with Crippen molar-refractivity contribution in [3.8, 4) is 0 Å². The van der Waals surface area contributed by atoms with Gasteiger partial charge in [-0.05, 0) is 24.3 Å². The number of carbonyl (C=O) groups is 1. The summed E-state index contributed by atoms with van der Waals surface area (Å²) in [5, 5.41) is 9.19. The van der Waals surface area contributed by atoms with Crippen LogP contribution in [0.3, 0.4) is 0 Å². The van der Waals surface area contributed by atoms with Gasteiger partial charge in [0.05, 0.1) is 6.61 Å². The van der Waals surface area contributed by atoms with Crippen LogP contribution < -0.4 is 0 Å². The number of hydrogen-bond donors (Lipinski definition) is 1. The summed E-state index contributed by atoms with van der Waals surface area (Å²) >= 11 is 0. The number of rotatable bonds is 8. The van der Waals surface area contributed by atoms with Gasteiger partial charge in [-0.25, -0.2) is 0 Å². The Morgan fingerprint density at radius 2 is 2.11 bits per heavy atom. The largest absolute Gasteiger partial charge is 0.465 e. The smallest absolute Gasteiger partial charge is 0.302 e. The van der Waals surface area contributed by atoms with Crippen molar-refractivity contribution in [3.63, 3.8) is 0 Å². The first-order valence-electron chi connectivity index (χ1n) is 6.58. The molecule has 0 aliphatic carbocycles. The summed E-state index contributed by atoms with van der Waals surface area (Å²) in [4.78, 5) is 10.9. The highest BCUT2D eigenvalue weighted by Crippen LogP contribution is 2.22. The second-order valence-electron chi connectivity index (χ2n) is 4.66. The molecular weight excluding hydrogens is 240 g/mol. The van der Waals surface area contributed by atoms with E-state index in [0.717, 1.165) is 6.42 Å². The molecule has 0 radical (unpaired) electrons. The minimum Gasteiger partial charge on any atom is -0.465 e. The molecule has 0 unspecified atom stereocenters. The molecule has 2 atom stereocenters. The Kier molecular flexibility index (Phi) is 6.90. The van der Waals surface area contributed by atoms with Gasteiger partial charge in [-0.1, -0.05) is 36.4 Å². The zero-order valence-corrected chi connectivity index (χ0v) is 11.4. The molecule has 0 spiro atoms. The number of esters is 1. The molecule has 0 fully saturated rings. The quantitative estimate of drug-likeness (QED) is 0.578. The van der Waals surface area contributed by atoms with Gasteiger partial charge in [0.2, 0.25) is 0 Å². The molecule has 3 heteroatoms. The van der Waals surface area contributed by atoms with E-state index in [-0.39, 0.29) is 24.4 Å². The lowest BCUT2D eigenvalue weighted by Gasteiger charge is -2.23. The van der Waals surface area contributed by atoms with Crippen molar-refractivity contribution in [1.82, 2.24) is 0 Å². The highest BCUT2D eigenvalue weighted by Gasteiger charge is 2.20. The van der Waals surface area contributed by atoms with E-state index < -0.39 is 0 Å². The fraction of sp³-hybridized carbons (Fsp3) is 0.438. The van der Waals surface area contributed by atoms with Gasteiger partial charge in [-0.3, -0.25) is 4.79 Å². The van der Waals surface area contributed by atoms with Crippen LogP contribution in [0.25, 0.3) is 0 Å². The van der Waals surface area contributed by atoms with E-state index in [1.165, 1.54) is 12.5 Å². The Labute approximate surface area is 114 Å². The number of carbonyl (C=O) groups excluding carboxylic acids is 1. The zero-order valence-electron chi connectivity index (χ0n) is 11.4.